The summed E-state index contributed by atoms with van der Waals surface area (Å²) < 4.78 is 6.69. The lowest BCUT2D eigenvalue weighted by Crippen LogP contribution is -2.59. The number of carbonyl (C=O) groups excluding carboxylic acids is 2. The van der Waals surface area contributed by atoms with Crippen molar-refractivity contribution >= 4 is 39.8 Å². The van der Waals surface area contributed by atoms with Crippen LogP contribution in [0.1, 0.15) is 24.0 Å². The Morgan fingerprint density at radius 2 is 1.94 bits per heavy atom. The number of nitrogens with two attached hydrogens (primary N) is 1. The van der Waals surface area contributed by atoms with E-state index in [-0.39, 0.29) is 0 Å². The number of anilines is 1. The van der Waals surface area contributed by atoms with Crippen molar-refractivity contribution in [3.8, 4) is 5.75 Å². The fraction of sp³-hybridized carbons (Fsp3) is 0.375. The average molecular weight is 514 g/mol. The van der Waals surface area contributed by atoms with Crippen LogP contribution in [0.2, 0.25) is 0 Å². The van der Waals surface area contributed by atoms with Crippen molar-refractivity contribution in [2.45, 2.75) is 31.3 Å². The maximum absolute atomic E-state index is 13.2. The van der Waals surface area contributed by atoms with Crippen LogP contribution in [0.15, 0.2) is 51.9 Å². The predicted octanol–water partition coefficient (Wildman–Crippen LogP) is 2.46. The van der Waals surface area contributed by atoms with Gasteiger partial charge >= 0.3 is 0 Å². The van der Waals surface area contributed by atoms with Gasteiger partial charge in [0.05, 0.1) is 12.9 Å². The molecule has 0 aliphatic carbocycles. The molecule has 5 N–H and O–H groups in total. The molecule has 2 amide bonds. The highest BCUT2D eigenvalue weighted by Crippen LogP contribution is 2.34. The predicted molar refractivity (Wildman–Crippen MR) is 131 cm³/mol. The van der Waals surface area contributed by atoms with Crippen LogP contribution in [0, 0.1) is 12.8 Å². The van der Waals surface area contributed by atoms with Gasteiger partial charge in [-0.2, -0.15) is 0 Å². The Morgan fingerprint density at radius 3 is 2.64 bits per heavy atom. The first-order valence-electron chi connectivity index (χ1n) is 11.0. The van der Waals surface area contributed by atoms with E-state index in [1.807, 2.05) is 31.2 Å². The Kier molecular flexibility index (Phi) is 6.99. The minimum atomic E-state index is -1.48. The summed E-state index contributed by atoms with van der Waals surface area (Å²) in [4.78, 5) is 30.1. The van der Waals surface area contributed by atoms with Crippen molar-refractivity contribution in [3.05, 3.63) is 58.1 Å². The van der Waals surface area contributed by atoms with Gasteiger partial charge in [0, 0.05) is 10.2 Å². The molecule has 1 saturated heterocycles. The number of amides is 2. The number of aliphatic imine (C=N–C) groups is 1. The van der Waals surface area contributed by atoms with Gasteiger partial charge in [0.1, 0.15) is 5.75 Å². The number of rotatable bonds is 7. The van der Waals surface area contributed by atoms with Crippen molar-refractivity contribution in [2.24, 2.45) is 16.6 Å². The smallest absolute Gasteiger partial charge is 0.252 e. The molecule has 2 heterocycles. The number of nitrogens with one attached hydrogen (secondary N) is 3. The van der Waals surface area contributed by atoms with E-state index < -0.39 is 23.4 Å². The molecule has 8 nitrogen and oxygen atoms in total. The van der Waals surface area contributed by atoms with Crippen molar-refractivity contribution < 1.29 is 14.3 Å². The molecule has 9 heteroatoms. The fourth-order valence-electron chi connectivity index (χ4n) is 4.36. The minimum Gasteiger partial charge on any atom is -0.493 e. The van der Waals surface area contributed by atoms with E-state index >= 15 is 0 Å². The Labute approximate surface area is 201 Å². The highest BCUT2D eigenvalue weighted by molar-refractivity contribution is 9.10. The zero-order valence-electron chi connectivity index (χ0n) is 18.4. The van der Waals surface area contributed by atoms with Gasteiger partial charge in [-0.15, -0.1) is 0 Å². The number of primary amides is 1. The van der Waals surface area contributed by atoms with Gasteiger partial charge in [-0.1, -0.05) is 22.0 Å². The SMILES string of the molecule is Cc1ccc(Br)cc1C1(C(N)=O)NC=NC1C(=O)Nc1ccc(OCC2CCNCC2)cc1. The van der Waals surface area contributed by atoms with Gasteiger partial charge in [-0.3, -0.25) is 14.6 Å². The van der Waals surface area contributed by atoms with Crippen LogP contribution >= 0.6 is 15.9 Å². The molecule has 2 aromatic rings. The summed E-state index contributed by atoms with van der Waals surface area (Å²) in [5.74, 6) is 0.200. The molecule has 2 aromatic carbocycles. The summed E-state index contributed by atoms with van der Waals surface area (Å²) >= 11 is 3.44. The lowest BCUT2D eigenvalue weighted by molar-refractivity contribution is -0.129. The van der Waals surface area contributed by atoms with E-state index in [1.165, 1.54) is 6.34 Å². The van der Waals surface area contributed by atoms with Crippen LogP contribution in [0.4, 0.5) is 5.69 Å². The van der Waals surface area contributed by atoms with E-state index in [0.717, 1.165) is 41.7 Å². The second-order valence-electron chi connectivity index (χ2n) is 8.47. The molecular weight excluding hydrogens is 486 g/mol. The van der Waals surface area contributed by atoms with Crippen LogP contribution < -0.4 is 26.4 Å². The third-order valence-electron chi connectivity index (χ3n) is 6.25. The first-order valence-corrected chi connectivity index (χ1v) is 11.8. The third kappa shape index (κ3) is 4.89. The molecule has 174 valence electrons. The number of ether oxygens (including phenoxy) is 1. The molecule has 0 radical (unpaired) electrons. The molecule has 2 aliphatic rings. The summed E-state index contributed by atoms with van der Waals surface area (Å²) in [7, 11) is 0. The second kappa shape index (κ2) is 9.93. The largest absolute Gasteiger partial charge is 0.493 e. The number of benzene rings is 2. The molecule has 0 spiro atoms. The highest BCUT2D eigenvalue weighted by atomic mass is 79.9. The van der Waals surface area contributed by atoms with Crippen LogP contribution in [-0.4, -0.2) is 43.9 Å². The summed E-state index contributed by atoms with van der Waals surface area (Å²) in [5.41, 5.74) is 6.35. The molecular formula is C24H28BrN5O3. The molecule has 1 fully saturated rings. The molecule has 0 bridgehead atoms. The Balaban J connectivity index is 1.47. The average Bonchev–Trinajstić information content (AvgIpc) is 3.27. The van der Waals surface area contributed by atoms with Gasteiger partial charge in [0.15, 0.2) is 11.6 Å². The topological polar surface area (TPSA) is 118 Å². The Hall–Kier alpha value is -2.91. The monoisotopic (exact) mass is 513 g/mol. The van der Waals surface area contributed by atoms with Gasteiger partial charge in [0.25, 0.3) is 11.8 Å². The molecule has 33 heavy (non-hydrogen) atoms. The number of hydrogen-bond acceptors (Lipinski definition) is 6. The number of nitrogens with zero attached hydrogens (tertiary/aromatic N) is 1. The maximum atomic E-state index is 13.2. The molecule has 2 aliphatic heterocycles. The van der Waals surface area contributed by atoms with E-state index in [0.29, 0.717) is 23.8 Å². The molecule has 4 rings (SSSR count). The lowest BCUT2D eigenvalue weighted by atomic mass is 9.80. The maximum Gasteiger partial charge on any atom is 0.252 e. The zero-order chi connectivity index (χ0) is 23.4. The van der Waals surface area contributed by atoms with Crippen LogP contribution in [-0.2, 0) is 15.1 Å². The van der Waals surface area contributed by atoms with Gasteiger partial charge in [-0.05, 0) is 86.3 Å². The summed E-state index contributed by atoms with van der Waals surface area (Å²) in [5, 5.41) is 9.16. The third-order valence-corrected chi connectivity index (χ3v) is 6.75. The first-order chi connectivity index (χ1) is 15.9. The second-order valence-corrected chi connectivity index (χ2v) is 9.39. The van der Waals surface area contributed by atoms with Crippen molar-refractivity contribution in [3.63, 3.8) is 0 Å². The highest BCUT2D eigenvalue weighted by Gasteiger charge is 2.52. The van der Waals surface area contributed by atoms with E-state index in [9.17, 15) is 9.59 Å². The quantitative estimate of drug-likeness (QED) is 0.453. The van der Waals surface area contributed by atoms with Crippen LogP contribution in [0.25, 0.3) is 0 Å². The van der Waals surface area contributed by atoms with Crippen molar-refractivity contribution in [1.82, 2.24) is 10.6 Å². The summed E-state index contributed by atoms with van der Waals surface area (Å²) in [6, 6.07) is 11.7. The molecule has 2 atom stereocenters. The normalized spacial score (nSPS) is 22.5. The lowest BCUT2D eigenvalue weighted by Gasteiger charge is -2.32. The fourth-order valence-corrected chi connectivity index (χ4v) is 4.72. The van der Waals surface area contributed by atoms with Gasteiger partial charge in [-0.25, -0.2) is 0 Å². The standard InChI is InChI=1S/C24H28BrN5O3/c1-15-2-3-17(25)12-20(15)24(23(26)32)21(28-14-29-24)22(31)30-18-4-6-19(7-5-18)33-13-16-8-10-27-11-9-16/h2-7,12,14,16,21,27H,8-11,13H2,1H3,(H2,26,32)(H,28,29)(H,30,31). The summed E-state index contributed by atoms with van der Waals surface area (Å²) in [6.07, 6.45) is 3.60. The van der Waals surface area contributed by atoms with Gasteiger partial charge < -0.3 is 26.4 Å². The Bertz CT molecular complexity index is 1050. The number of piperidine rings is 1. The number of carbonyl (C=O) groups is 2. The molecule has 2 unspecified atom stereocenters. The van der Waals surface area contributed by atoms with E-state index in [4.69, 9.17) is 10.5 Å². The Morgan fingerprint density at radius 1 is 1.21 bits per heavy atom. The van der Waals surface area contributed by atoms with E-state index in [2.05, 4.69) is 36.9 Å². The zero-order valence-corrected chi connectivity index (χ0v) is 20.0. The first kappa shape index (κ1) is 23.3. The summed E-state index contributed by atoms with van der Waals surface area (Å²) in [6.45, 7) is 4.61. The van der Waals surface area contributed by atoms with E-state index in [1.54, 1.807) is 18.2 Å². The van der Waals surface area contributed by atoms with Crippen molar-refractivity contribution in [1.29, 1.82) is 0 Å². The van der Waals surface area contributed by atoms with Crippen molar-refractivity contribution in [2.75, 3.05) is 25.0 Å². The van der Waals surface area contributed by atoms with Gasteiger partial charge in [0.2, 0.25) is 0 Å². The van der Waals surface area contributed by atoms with Crippen LogP contribution in [0.5, 0.6) is 5.75 Å². The molecule has 0 aromatic heterocycles. The van der Waals surface area contributed by atoms with Crippen LogP contribution in [0.3, 0.4) is 0 Å². The number of aryl methyl sites for hydroxylation is 1. The minimum absolute atomic E-state index is 0.433. The molecule has 0 saturated carbocycles. The number of hydrogen-bond donors (Lipinski definition) is 4. The number of halogens is 1.